The van der Waals surface area contributed by atoms with Crippen LogP contribution in [-0.2, 0) is 53.2 Å². The first-order valence-corrected chi connectivity index (χ1v) is 13.8. The molecule has 1 fully saturated rings. The van der Waals surface area contributed by atoms with E-state index in [9.17, 15) is 19.2 Å². The smallest absolute Gasteiger partial charge is 0.305 e. The van der Waals surface area contributed by atoms with Crippen molar-refractivity contribution in [3.8, 4) is 0 Å². The van der Waals surface area contributed by atoms with Crippen LogP contribution in [0.2, 0.25) is 0 Å². The Labute approximate surface area is 249 Å². The number of carbonyl (C=O) groups is 4. The minimum atomic E-state index is -1.49. The Morgan fingerprint density at radius 1 is 0.558 bits per heavy atom. The molecule has 1 aliphatic rings. The minimum absolute atomic E-state index is 0.237. The van der Waals surface area contributed by atoms with Crippen LogP contribution in [0.4, 0.5) is 0 Å². The van der Waals surface area contributed by atoms with Crippen molar-refractivity contribution in [3.05, 3.63) is 108 Å². The highest BCUT2D eigenvalue weighted by atomic mass is 16.7. The molecular formula is C33H34O10. The van der Waals surface area contributed by atoms with Gasteiger partial charge < -0.3 is 28.4 Å². The molecule has 1 unspecified atom stereocenters. The molecule has 1 saturated heterocycles. The third-order valence-electron chi connectivity index (χ3n) is 6.78. The van der Waals surface area contributed by atoms with E-state index < -0.39 is 60.2 Å². The van der Waals surface area contributed by atoms with Crippen molar-refractivity contribution in [1.82, 2.24) is 0 Å². The van der Waals surface area contributed by atoms with E-state index in [1.165, 1.54) is 6.92 Å². The van der Waals surface area contributed by atoms with Gasteiger partial charge in [0.25, 0.3) is 0 Å². The van der Waals surface area contributed by atoms with Gasteiger partial charge in [0, 0.05) is 27.7 Å². The summed E-state index contributed by atoms with van der Waals surface area (Å²) in [5, 5.41) is 0. The summed E-state index contributed by atoms with van der Waals surface area (Å²) < 4.78 is 34.9. The van der Waals surface area contributed by atoms with Gasteiger partial charge in [0.1, 0.15) is 11.7 Å². The highest BCUT2D eigenvalue weighted by molar-refractivity contribution is 5.69. The van der Waals surface area contributed by atoms with E-state index in [2.05, 4.69) is 0 Å². The van der Waals surface area contributed by atoms with E-state index in [0.717, 1.165) is 37.5 Å². The Morgan fingerprint density at radius 3 is 1.33 bits per heavy atom. The molecule has 43 heavy (non-hydrogen) atoms. The van der Waals surface area contributed by atoms with Crippen molar-refractivity contribution >= 4 is 23.9 Å². The lowest BCUT2D eigenvalue weighted by molar-refractivity contribution is -0.303. The summed E-state index contributed by atoms with van der Waals surface area (Å²) in [4.78, 5) is 48.6. The highest BCUT2D eigenvalue weighted by Gasteiger charge is 2.54. The molecule has 4 rings (SSSR count). The number of carbonyl (C=O) groups excluding carboxylic acids is 4. The predicted molar refractivity (Wildman–Crippen MR) is 152 cm³/mol. The van der Waals surface area contributed by atoms with Crippen molar-refractivity contribution in [2.75, 3.05) is 6.61 Å². The maximum Gasteiger partial charge on any atom is 0.305 e. The Kier molecular flexibility index (Phi) is 10.3. The zero-order valence-electron chi connectivity index (χ0n) is 24.3. The molecule has 10 nitrogen and oxygen atoms in total. The molecule has 5 atom stereocenters. The molecule has 0 spiro atoms. The second-order valence-electron chi connectivity index (χ2n) is 9.96. The molecule has 0 aliphatic carbocycles. The summed E-state index contributed by atoms with van der Waals surface area (Å²) >= 11 is 0. The van der Waals surface area contributed by atoms with Gasteiger partial charge in [0.15, 0.2) is 12.2 Å². The third-order valence-corrected chi connectivity index (χ3v) is 6.78. The van der Waals surface area contributed by atoms with Gasteiger partial charge in [-0.15, -0.1) is 0 Å². The van der Waals surface area contributed by atoms with Crippen LogP contribution < -0.4 is 0 Å². The lowest BCUT2D eigenvalue weighted by Gasteiger charge is -2.45. The van der Waals surface area contributed by atoms with Crippen molar-refractivity contribution in [1.29, 1.82) is 0 Å². The predicted octanol–water partition coefficient (Wildman–Crippen LogP) is 4.08. The number of rotatable bonds is 10. The Morgan fingerprint density at radius 2 is 0.930 bits per heavy atom. The molecule has 0 bridgehead atoms. The van der Waals surface area contributed by atoms with Crippen molar-refractivity contribution in [3.63, 3.8) is 0 Å². The quantitative estimate of drug-likeness (QED) is 0.194. The van der Waals surface area contributed by atoms with Crippen LogP contribution in [0.25, 0.3) is 0 Å². The molecule has 3 aromatic carbocycles. The molecular weight excluding hydrogens is 556 g/mol. The maximum absolute atomic E-state index is 12.3. The van der Waals surface area contributed by atoms with E-state index in [-0.39, 0.29) is 6.61 Å². The standard InChI is InChI=1S/C33H34O10/c1-21(34)39-29-28(43-32(42-24(4)37)31(41-23(3)36)30(29)40-22(2)35)20-38-33(25-14-8-5-9-15-25,26-16-10-6-11-17-26)27-18-12-7-13-19-27/h5-19,28-32H,20H2,1-4H3/t28-,29-,30+,31+,32?/m1/s1. The molecule has 0 N–H and O–H groups in total. The van der Waals surface area contributed by atoms with Gasteiger partial charge in [-0.05, 0) is 16.7 Å². The Hall–Kier alpha value is -4.54. The van der Waals surface area contributed by atoms with Crippen LogP contribution in [0.1, 0.15) is 44.4 Å². The highest BCUT2D eigenvalue weighted by Crippen LogP contribution is 2.41. The van der Waals surface area contributed by atoms with Crippen molar-refractivity contribution in [2.45, 2.75) is 64.0 Å². The van der Waals surface area contributed by atoms with E-state index in [0.29, 0.717) is 0 Å². The van der Waals surface area contributed by atoms with E-state index >= 15 is 0 Å². The molecule has 0 saturated carbocycles. The van der Waals surface area contributed by atoms with Crippen LogP contribution in [0.3, 0.4) is 0 Å². The summed E-state index contributed by atoms with van der Waals surface area (Å²) in [5.74, 6) is -2.93. The van der Waals surface area contributed by atoms with Crippen LogP contribution in [0.15, 0.2) is 91.0 Å². The zero-order valence-corrected chi connectivity index (χ0v) is 24.3. The summed E-state index contributed by atoms with van der Waals surface area (Å²) in [6.07, 6.45) is -6.73. The molecule has 0 aromatic heterocycles. The summed E-state index contributed by atoms with van der Waals surface area (Å²) in [6.45, 7) is 4.40. The average molecular weight is 591 g/mol. The minimum Gasteiger partial charge on any atom is -0.456 e. The number of hydrogen-bond donors (Lipinski definition) is 0. The van der Waals surface area contributed by atoms with Gasteiger partial charge in [0.2, 0.25) is 12.4 Å². The molecule has 3 aromatic rings. The normalized spacial score (nSPS) is 21.7. The maximum atomic E-state index is 12.3. The number of benzene rings is 3. The Balaban J connectivity index is 1.83. The first-order valence-electron chi connectivity index (χ1n) is 13.8. The average Bonchev–Trinajstić information content (AvgIpc) is 2.97. The lowest BCUT2D eigenvalue weighted by atomic mass is 9.80. The third kappa shape index (κ3) is 7.46. The van der Waals surface area contributed by atoms with Crippen molar-refractivity contribution < 1.29 is 47.6 Å². The van der Waals surface area contributed by atoms with E-state index in [4.69, 9.17) is 28.4 Å². The molecule has 0 amide bonds. The second kappa shape index (κ2) is 14.1. The molecule has 10 heteroatoms. The largest absolute Gasteiger partial charge is 0.456 e. The van der Waals surface area contributed by atoms with Gasteiger partial charge in [-0.1, -0.05) is 91.0 Å². The van der Waals surface area contributed by atoms with Gasteiger partial charge >= 0.3 is 23.9 Å². The monoisotopic (exact) mass is 590 g/mol. The van der Waals surface area contributed by atoms with Crippen LogP contribution in [-0.4, -0.2) is 61.2 Å². The van der Waals surface area contributed by atoms with Crippen LogP contribution in [0, 0.1) is 0 Å². The van der Waals surface area contributed by atoms with Crippen LogP contribution in [0.5, 0.6) is 0 Å². The fourth-order valence-corrected chi connectivity index (χ4v) is 5.22. The van der Waals surface area contributed by atoms with Crippen LogP contribution >= 0.6 is 0 Å². The number of hydrogen-bond acceptors (Lipinski definition) is 10. The summed E-state index contributed by atoms with van der Waals surface area (Å²) in [7, 11) is 0. The number of esters is 4. The fourth-order valence-electron chi connectivity index (χ4n) is 5.22. The second-order valence-corrected chi connectivity index (χ2v) is 9.96. The SMILES string of the molecule is CC(=O)OC1O[C@H](COC(c2ccccc2)(c2ccccc2)c2ccccc2)[C@@H](OC(C)=O)[C@H](OC(C)=O)[C@@H]1OC(C)=O. The van der Waals surface area contributed by atoms with Crippen molar-refractivity contribution in [2.24, 2.45) is 0 Å². The Bertz CT molecular complexity index is 1300. The summed E-state index contributed by atoms with van der Waals surface area (Å²) in [6, 6.07) is 28.7. The van der Waals surface area contributed by atoms with Gasteiger partial charge in [-0.3, -0.25) is 19.2 Å². The topological polar surface area (TPSA) is 124 Å². The lowest BCUT2D eigenvalue weighted by Crippen LogP contribution is -2.63. The zero-order chi connectivity index (χ0) is 31.0. The van der Waals surface area contributed by atoms with E-state index in [1.54, 1.807) is 0 Å². The van der Waals surface area contributed by atoms with Gasteiger partial charge in [0.05, 0.1) is 6.61 Å². The molecule has 1 aliphatic heterocycles. The first-order chi connectivity index (χ1) is 20.6. The molecule has 0 radical (unpaired) electrons. The number of ether oxygens (including phenoxy) is 6. The molecule has 1 heterocycles. The van der Waals surface area contributed by atoms with Gasteiger partial charge in [-0.25, -0.2) is 0 Å². The van der Waals surface area contributed by atoms with Gasteiger partial charge in [-0.2, -0.15) is 0 Å². The van der Waals surface area contributed by atoms with E-state index in [1.807, 2.05) is 91.0 Å². The first kappa shape index (κ1) is 31.4. The summed E-state index contributed by atoms with van der Waals surface area (Å²) in [5.41, 5.74) is 1.24. The molecule has 226 valence electrons. The fraction of sp³-hybridized carbons (Fsp3) is 0.333.